The Balaban J connectivity index is 2.60. The summed E-state index contributed by atoms with van der Waals surface area (Å²) < 4.78 is 38.5. The second kappa shape index (κ2) is 20.6. The fourth-order valence-electron chi connectivity index (χ4n) is 4.34. The smallest absolute Gasteiger partial charge is 0.303 e. The van der Waals surface area contributed by atoms with Gasteiger partial charge in [0.25, 0.3) is 0 Å². The lowest BCUT2D eigenvalue weighted by Crippen LogP contribution is -2.63. The molecule has 5 atom stereocenters. The van der Waals surface area contributed by atoms with Crippen molar-refractivity contribution in [1.82, 2.24) is 0 Å². The van der Waals surface area contributed by atoms with Crippen molar-refractivity contribution in [3.05, 3.63) is 0 Å². The molecule has 1 aliphatic heterocycles. The van der Waals surface area contributed by atoms with Crippen LogP contribution < -0.4 is 0 Å². The van der Waals surface area contributed by atoms with Crippen molar-refractivity contribution in [3.8, 4) is 0 Å². The highest BCUT2D eigenvalue weighted by molar-refractivity contribution is 5.68. The molecule has 0 spiro atoms. The summed E-state index contributed by atoms with van der Waals surface area (Å²) in [5.41, 5.74) is 0. The molecule has 11 nitrogen and oxygen atoms in total. The molecule has 1 saturated heterocycles. The lowest BCUT2D eigenvalue weighted by Gasteiger charge is -2.44. The molecule has 1 aliphatic rings. The van der Waals surface area contributed by atoms with E-state index >= 15 is 0 Å². The lowest BCUT2D eigenvalue weighted by atomic mass is 9.98. The molecule has 11 heteroatoms. The Morgan fingerprint density at radius 2 is 1.10 bits per heavy atom. The topological polar surface area (TPSA) is 133 Å². The first-order chi connectivity index (χ1) is 18.6. The standard InChI is InChI=1S/C28H48O11/c1-6-7-8-9-10-11-12-13-14-15-16-33-17-18-34-28-27(38-23(5)32)26(37-22(4)31)25(36-21(3)30)24(39-28)19-35-20(2)29/h24-28H,6-19H2,1-5H3/t24-,25+,26+,27-,28-/m1/s1. The van der Waals surface area contributed by atoms with E-state index in [-0.39, 0.29) is 19.8 Å². The largest absolute Gasteiger partial charge is 0.463 e. The van der Waals surface area contributed by atoms with Crippen LogP contribution in [0.5, 0.6) is 0 Å². The fraction of sp³-hybridized carbons (Fsp3) is 0.857. The summed E-state index contributed by atoms with van der Waals surface area (Å²) in [6.45, 7) is 7.64. The van der Waals surface area contributed by atoms with E-state index < -0.39 is 54.6 Å². The third-order valence-corrected chi connectivity index (χ3v) is 6.10. The highest BCUT2D eigenvalue weighted by atomic mass is 16.7. The first-order valence-electron chi connectivity index (χ1n) is 14.2. The number of ether oxygens (including phenoxy) is 7. The summed E-state index contributed by atoms with van der Waals surface area (Å²) in [6.07, 6.45) is 6.46. The summed E-state index contributed by atoms with van der Waals surface area (Å²) in [5, 5.41) is 0. The number of unbranched alkanes of at least 4 members (excludes halogenated alkanes) is 9. The number of hydrogen-bond donors (Lipinski definition) is 0. The van der Waals surface area contributed by atoms with Gasteiger partial charge < -0.3 is 33.2 Å². The second-order valence-electron chi connectivity index (χ2n) is 9.73. The van der Waals surface area contributed by atoms with Crippen LogP contribution in [-0.2, 0) is 52.3 Å². The van der Waals surface area contributed by atoms with Crippen LogP contribution in [0.2, 0.25) is 0 Å². The molecule has 0 saturated carbocycles. The molecular formula is C28H48O11. The molecule has 0 bridgehead atoms. The molecule has 1 heterocycles. The molecule has 0 aromatic heterocycles. The van der Waals surface area contributed by atoms with E-state index in [2.05, 4.69) is 6.92 Å². The number of carbonyl (C=O) groups excluding carboxylic acids is 4. The molecule has 0 aromatic rings. The third-order valence-electron chi connectivity index (χ3n) is 6.10. The molecule has 226 valence electrons. The Bertz CT molecular complexity index is 726. The van der Waals surface area contributed by atoms with Crippen molar-refractivity contribution in [2.45, 2.75) is 130 Å². The summed E-state index contributed by atoms with van der Waals surface area (Å²) in [4.78, 5) is 46.9. The monoisotopic (exact) mass is 560 g/mol. The average Bonchev–Trinajstić information content (AvgIpc) is 2.85. The summed E-state index contributed by atoms with van der Waals surface area (Å²) >= 11 is 0. The molecule has 0 amide bonds. The van der Waals surface area contributed by atoms with Gasteiger partial charge in [-0.1, -0.05) is 64.7 Å². The lowest BCUT2D eigenvalue weighted by molar-refractivity contribution is -0.309. The van der Waals surface area contributed by atoms with Gasteiger partial charge in [-0.2, -0.15) is 0 Å². The predicted molar refractivity (Wildman–Crippen MR) is 141 cm³/mol. The maximum Gasteiger partial charge on any atom is 0.303 e. The van der Waals surface area contributed by atoms with Gasteiger partial charge in [0, 0.05) is 34.3 Å². The van der Waals surface area contributed by atoms with Gasteiger partial charge in [-0.25, -0.2) is 0 Å². The molecule has 0 aromatic carbocycles. The van der Waals surface area contributed by atoms with Gasteiger partial charge in [-0.05, 0) is 6.42 Å². The van der Waals surface area contributed by atoms with Crippen molar-refractivity contribution < 1.29 is 52.3 Å². The Morgan fingerprint density at radius 1 is 0.590 bits per heavy atom. The van der Waals surface area contributed by atoms with E-state index in [9.17, 15) is 19.2 Å². The summed E-state index contributed by atoms with van der Waals surface area (Å²) in [6, 6.07) is 0. The summed E-state index contributed by atoms with van der Waals surface area (Å²) in [7, 11) is 0. The number of hydrogen-bond acceptors (Lipinski definition) is 11. The average molecular weight is 561 g/mol. The van der Waals surface area contributed by atoms with Crippen LogP contribution in [0.3, 0.4) is 0 Å². The quantitative estimate of drug-likeness (QED) is 0.121. The van der Waals surface area contributed by atoms with Crippen LogP contribution in [0.15, 0.2) is 0 Å². The van der Waals surface area contributed by atoms with Crippen LogP contribution in [0.25, 0.3) is 0 Å². The van der Waals surface area contributed by atoms with Crippen molar-refractivity contribution in [2.24, 2.45) is 0 Å². The molecule has 0 aliphatic carbocycles. The second-order valence-corrected chi connectivity index (χ2v) is 9.73. The van der Waals surface area contributed by atoms with Crippen molar-refractivity contribution >= 4 is 23.9 Å². The Labute approximate surface area is 232 Å². The Hall–Kier alpha value is -2.24. The van der Waals surface area contributed by atoms with Gasteiger partial charge in [-0.3, -0.25) is 19.2 Å². The highest BCUT2D eigenvalue weighted by Gasteiger charge is 2.52. The van der Waals surface area contributed by atoms with E-state index in [0.29, 0.717) is 6.61 Å². The van der Waals surface area contributed by atoms with Crippen molar-refractivity contribution in [3.63, 3.8) is 0 Å². The summed E-state index contributed by atoms with van der Waals surface area (Å²) in [5.74, 6) is -2.63. The van der Waals surface area contributed by atoms with E-state index in [1.54, 1.807) is 0 Å². The molecule has 39 heavy (non-hydrogen) atoms. The molecule has 0 radical (unpaired) electrons. The van der Waals surface area contributed by atoms with Gasteiger partial charge >= 0.3 is 23.9 Å². The van der Waals surface area contributed by atoms with Crippen LogP contribution in [0, 0.1) is 0 Å². The van der Waals surface area contributed by atoms with E-state index in [1.807, 2.05) is 0 Å². The number of rotatable bonds is 20. The first kappa shape index (κ1) is 34.8. The van der Waals surface area contributed by atoms with Gasteiger partial charge in [0.15, 0.2) is 24.6 Å². The molecule has 1 rings (SSSR count). The van der Waals surface area contributed by atoms with Crippen LogP contribution >= 0.6 is 0 Å². The van der Waals surface area contributed by atoms with E-state index in [1.165, 1.54) is 79.1 Å². The predicted octanol–water partition coefficient (Wildman–Crippen LogP) is 4.02. The molecule has 0 unspecified atom stereocenters. The normalized spacial score (nSPS) is 22.6. The van der Waals surface area contributed by atoms with Crippen molar-refractivity contribution in [2.75, 3.05) is 26.4 Å². The van der Waals surface area contributed by atoms with Gasteiger partial charge in [0.05, 0.1) is 13.2 Å². The van der Waals surface area contributed by atoms with Gasteiger partial charge in [0.1, 0.15) is 12.7 Å². The van der Waals surface area contributed by atoms with Crippen molar-refractivity contribution in [1.29, 1.82) is 0 Å². The van der Waals surface area contributed by atoms with Gasteiger partial charge in [0.2, 0.25) is 0 Å². The minimum Gasteiger partial charge on any atom is -0.463 e. The van der Waals surface area contributed by atoms with Crippen LogP contribution in [0.4, 0.5) is 0 Å². The zero-order chi connectivity index (χ0) is 29.0. The van der Waals surface area contributed by atoms with Gasteiger partial charge in [-0.15, -0.1) is 0 Å². The maximum absolute atomic E-state index is 11.9. The van der Waals surface area contributed by atoms with Crippen LogP contribution in [0.1, 0.15) is 98.8 Å². The first-order valence-corrected chi connectivity index (χ1v) is 14.2. The third kappa shape index (κ3) is 15.8. The maximum atomic E-state index is 11.9. The van der Waals surface area contributed by atoms with Crippen LogP contribution in [-0.4, -0.2) is 81.0 Å². The number of carbonyl (C=O) groups is 4. The highest BCUT2D eigenvalue weighted by Crippen LogP contribution is 2.30. The number of esters is 4. The fourth-order valence-corrected chi connectivity index (χ4v) is 4.34. The minimum atomic E-state index is -1.25. The zero-order valence-corrected chi connectivity index (χ0v) is 24.3. The minimum absolute atomic E-state index is 0.103. The Kier molecular flexibility index (Phi) is 18.4. The molecular weight excluding hydrogens is 512 g/mol. The zero-order valence-electron chi connectivity index (χ0n) is 24.3. The SMILES string of the molecule is CCCCCCCCCCCCOCCO[C@@H]1O[C@H](COC(C)=O)[C@H](OC(C)=O)[C@H](OC(C)=O)[C@H]1OC(C)=O. The Morgan fingerprint density at radius 3 is 1.64 bits per heavy atom. The van der Waals surface area contributed by atoms with E-state index in [0.717, 1.165) is 12.8 Å². The van der Waals surface area contributed by atoms with E-state index in [4.69, 9.17) is 33.2 Å². The molecule has 1 fully saturated rings. The molecule has 0 N–H and O–H groups in total.